The van der Waals surface area contributed by atoms with E-state index in [2.05, 4.69) is 20.4 Å². The van der Waals surface area contributed by atoms with Crippen molar-refractivity contribution in [3.63, 3.8) is 0 Å². The summed E-state index contributed by atoms with van der Waals surface area (Å²) in [5, 5.41) is 6.82. The second-order valence-corrected chi connectivity index (χ2v) is 3.12. The minimum Gasteiger partial charge on any atom is -0.340 e. The molecule has 78 valence electrons. The highest BCUT2D eigenvalue weighted by Crippen LogP contribution is 1.95. The zero-order valence-corrected chi connectivity index (χ0v) is 8.26. The van der Waals surface area contributed by atoms with Crippen molar-refractivity contribution in [1.82, 2.24) is 20.4 Å². The number of rotatable bonds is 5. The molecule has 0 fully saturated rings. The average Bonchev–Trinajstić information content (AvgIpc) is 2.79. The molecule has 0 saturated heterocycles. The number of nitrogens with zero attached hydrogens (tertiary/aromatic N) is 3. The van der Waals surface area contributed by atoms with Crippen LogP contribution in [0.4, 0.5) is 0 Å². The molecule has 0 aliphatic heterocycles. The van der Waals surface area contributed by atoms with E-state index in [1.54, 1.807) is 12.4 Å². The Morgan fingerprint density at radius 3 is 2.87 bits per heavy atom. The summed E-state index contributed by atoms with van der Waals surface area (Å²) in [7, 11) is 0. The quantitative estimate of drug-likeness (QED) is 0.730. The first-order chi connectivity index (χ1) is 7.45. The Labute approximate surface area is 87.5 Å². The van der Waals surface area contributed by atoms with Crippen LogP contribution < -0.4 is 5.32 Å². The van der Waals surface area contributed by atoms with Crippen molar-refractivity contribution in [2.75, 3.05) is 6.54 Å². The third-order valence-corrected chi connectivity index (χ3v) is 2.00. The lowest BCUT2D eigenvalue weighted by atomic mass is 10.2. The first kappa shape index (κ1) is 9.79. The van der Waals surface area contributed by atoms with E-state index in [0.29, 0.717) is 5.89 Å². The van der Waals surface area contributed by atoms with Crippen LogP contribution in [0.5, 0.6) is 0 Å². The van der Waals surface area contributed by atoms with Crippen molar-refractivity contribution in [2.45, 2.75) is 13.0 Å². The van der Waals surface area contributed by atoms with Gasteiger partial charge in [-0.15, -0.1) is 0 Å². The molecule has 0 aliphatic rings. The Hall–Kier alpha value is -1.75. The predicted molar refractivity (Wildman–Crippen MR) is 53.9 cm³/mol. The number of aromatic nitrogens is 3. The van der Waals surface area contributed by atoms with E-state index < -0.39 is 0 Å². The monoisotopic (exact) mass is 204 g/mol. The van der Waals surface area contributed by atoms with Crippen LogP contribution in [0.25, 0.3) is 0 Å². The van der Waals surface area contributed by atoms with Crippen molar-refractivity contribution >= 4 is 0 Å². The van der Waals surface area contributed by atoms with Crippen molar-refractivity contribution in [2.24, 2.45) is 0 Å². The summed E-state index contributed by atoms with van der Waals surface area (Å²) in [4.78, 5) is 7.89. The van der Waals surface area contributed by atoms with Crippen LogP contribution in [0.1, 0.15) is 11.5 Å². The van der Waals surface area contributed by atoms with Crippen molar-refractivity contribution in [1.29, 1.82) is 0 Å². The van der Waals surface area contributed by atoms with Gasteiger partial charge in [0.15, 0.2) is 6.33 Å². The molecule has 5 nitrogen and oxygen atoms in total. The summed E-state index contributed by atoms with van der Waals surface area (Å²) in [6.07, 6.45) is 5.74. The van der Waals surface area contributed by atoms with E-state index in [1.165, 1.54) is 11.9 Å². The summed E-state index contributed by atoms with van der Waals surface area (Å²) in [5.74, 6) is 0.664. The minimum absolute atomic E-state index is 0.664. The molecule has 5 heteroatoms. The van der Waals surface area contributed by atoms with Crippen LogP contribution in [0.2, 0.25) is 0 Å². The molecule has 0 aliphatic carbocycles. The SMILES string of the molecule is c1cc(CNCCc2ncno2)ccn1. The van der Waals surface area contributed by atoms with E-state index in [4.69, 9.17) is 4.52 Å². The normalized spacial score (nSPS) is 10.4. The molecular weight excluding hydrogens is 192 g/mol. The second kappa shape index (κ2) is 5.21. The molecule has 2 heterocycles. The third-order valence-electron chi connectivity index (χ3n) is 2.00. The fraction of sp³-hybridized carbons (Fsp3) is 0.300. The predicted octanol–water partition coefficient (Wildman–Crippen LogP) is 0.797. The highest BCUT2D eigenvalue weighted by Gasteiger charge is 1.97. The van der Waals surface area contributed by atoms with Crippen LogP contribution in [0.15, 0.2) is 35.4 Å². The molecule has 0 unspecified atom stereocenters. The first-order valence-corrected chi connectivity index (χ1v) is 4.80. The highest BCUT2D eigenvalue weighted by atomic mass is 16.5. The molecule has 0 saturated carbocycles. The van der Waals surface area contributed by atoms with E-state index in [1.807, 2.05) is 12.1 Å². The van der Waals surface area contributed by atoms with Gasteiger partial charge in [0.2, 0.25) is 5.89 Å². The molecule has 15 heavy (non-hydrogen) atoms. The molecule has 2 aromatic rings. The Balaban J connectivity index is 1.68. The second-order valence-electron chi connectivity index (χ2n) is 3.12. The molecule has 0 atom stereocenters. The van der Waals surface area contributed by atoms with Crippen LogP contribution in [0.3, 0.4) is 0 Å². The largest absolute Gasteiger partial charge is 0.340 e. The Morgan fingerprint density at radius 2 is 2.13 bits per heavy atom. The van der Waals surface area contributed by atoms with E-state index >= 15 is 0 Å². The van der Waals surface area contributed by atoms with Crippen LogP contribution in [-0.2, 0) is 13.0 Å². The van der Waals surface area contributed by atoms with Gasteiger partial charge in [-0.25, -0.2) is 0 Å². The molecule has 2 rings (SSSR count). The maximum Gasteiger partial charge on any atom is 0.227 e. The maximum absolute atomic E-state index is 4.87. The van der Waals surface area contributed by atoms with Gasteiger partial charge in [0.05, 0.1) is 0 Å². The fourth-order valence-electron chi connectivity index (χ4n) is 1.23. The lowest BCUT2D eigenvalue weighted by Gasteiger charge is -2.01. The number of hydrogen-bond donors (Lipinski definition) is 1. The molecule has 0 radical (unpaired) electrons. The molecular formula is C10H12N4O. The van der Waals surface area contributed by atoms with Crippen LogP contribution >= 0.6 is 0 Å². The Morgan fingerprint density at radius 1 is 1.27 bits per heavy atom. The summed E-state index contributed by atoms with van der Waals surface area (Å²) in [5.41, 5.74) is 1.22. The van der Waals surface area contributed by atoms with Crippen molar-refractivity contribution in [3.8, 4) is 0 Å². The minimum atomic E-state index is 0.664. The fourth-order valence-corrected chi connectivity index (χ4v) is 1.23. The summed E-state index contributed by atoms with van der Waals surface area (Å²) >= 11 is 0. The van der Waals surface area contributed by atoms with Gasteiger partial charge in [-0.05, 0) is 17.7 Å². The maximum atomic E-state index is 4.87. The molecule has 0 spiro atoms. The standard InChI is InChI=1S/C10H12N4O/c1-4-11-5-2-9(1)7-12-6-3-10-13-8-14-15-10/h1-2,4-5,8,12H,3,6-7H2. The average molecular weight is 204 g/mol. The smallest absolute Gasteiger partial charge is 0.227 e. The zero-order chi connectivity index (χ0) is 10.3. The molecule has 0 aromatic carbocycles. The topological polar surface area (TPSA) is 63.8 Å². The van der Waals surface area contributed by atoms with Gasteiger partial charge in [0.25, 0.3) is 0 Å². The van der Waals surface area contributed by atoms with Gasteiger partial charge in [-0.3, -0.25) is 4.98 Å². The van der Waals surface area contributed by atoms with Gasteiger partial charge in [0.1, 0.15) is 0 Å². The van der Waals surface area contributed by atoms with E-state index in [-0.39, 0.29) is 0 Å². The number of nitrogens with one attached hydrogen (secondary N) is 1. The van der Waals surface area contributed by atoms with Crippen molar-refractivity contribution in [3.05, 3.63) is 42.3 Å². The molecule has 0 amide bonds. The van der Waals surface area contributed by atoms with Gasteiger partial charge in [0, 0.05) is 31.9 Å². The van der Waals surface area contributed by atoms with Gasteiger partial charge < -0.3 is 9.84 Å². The lowest BCUT2D eigenvalue weighted by molar-refractivity contribution is 0.375. The van der Waals surface area contributed by atoms with Gasteiger partial charge >= 0.3 is 0 Å². The zero-order valence-electron chi connectivity index (χ0n) is 8.26. The summed E-state index contributed by atoms with van der Waals surface area (Å²) in [6.45, 7) is 1.65. The van der Waals surface area contributed by atoms with Crippen molar-refractivity contribution < 1.29 is 4.52 Å². The van der Waals surface area contributed by atoms with Crippen LogP contribution in [0, 0.1) is 0 Å². The highest BCUT2D eigenvalue weighted by molar-refractivity contribution is 5.08. The lowest BCUT2D eigenvalue weighted by Crippen LogP contribution is -2.16. The molecule has 2 aromatic heterocycles. The number of hydrogen-bond acceptors (Lipinski definition) is 5. The first-order valence-electron chi connectivity index (χ1n) is 4.80. The van der Waals surface area contributed by atoms with E-state index in [0.717, 1.165) is 19.5 Å². The summed E-state index contributed by atoms with van der Waals surface area (Å²) < 4.78 is 4.87. The Bertz CT molecular complexity index is 374. The van der Waals surface area contributed by atoms with E-state index in [9.17, 15) is 0 Å². The number of pyridine rings is 1. The third kappa shape index (κ3) is 3.14. The van der Waals surface area contributed by atoms with Gasteiger partial charge in [-0.1, -0.05) is 5.16 Å². The van der Waals surface area contributed by atoms with Crippen LogP contribution in [-0.4, -0.2) is 21.7 Å². The molecule has 0 bridgehead atoms. The van der Waals surface area contributed by atoms with Gasteiger partial charge in [-0.2, -0.15) is 4.98 Å². The Kier molecular flexibility index (Phi) is 3.40. The summed E-state index contributed by atoms with van der Waals surface area (Å²) in [6, 6.07) is 3.97. The molecule has 1 N–H and O–H groups in total.